The summed E-state index contributed by atoms with van der Waals surface area (Å²) in [5.41, 5.74) is 0.400. The SMILES string of the molecule is O=C1CC(c2ccc(O)cc2)Oc2cc(OCCN3CCN(c4cc5c(cc4F)c(=O)c(C(=O)O)cn5-c4ccc(F)cc4)CC3)cc(O)c21. The van der Waals surface area contributed by atoms with E-state index in [0.717, 1.165) is 6.07 Å². The molecule has 5 aromatic rings. The maximum absolute atomic E-state index is 15.5. The highest BCUT2D eigenvalue weighted by molar-refractivity contribution is 6.02. The molecular formula is C37H31F2N3O8. The van der Waals surface area contributed by atoms with Crippen molar-refractivity contribution in [1.82, 2.24) is 9.47 Å². The fourth-order valence-electron chi connectivity index (χ4n) is 6.42. The van der Waals surface area contributed by atoms with Gasteiger partial charge in [-0.1, -0.05) is 12.1 Å². The van der Waals surface area contributed by atoms with E-state index in [9.17, 15) is 34.1 Å². The molecule has 50 heavy (non-hydrogen) atoms. The molecule has 0 amide bonds. The number of anilines is 1. The number of Topliss-reactive ketones (excluding diaryl/α,β-unsaturated/α-hetero) is 1. The van der Waals surface area contributed by atoms with Gasteiger partial charge in [-0.05, 0) is 54.1 Å². The number of ketones is 1. The number of fused-ring (bicyclic) bond motifs is 2. The Morgan fingerprint density at radius 2 is 1.64 bits per heavy atom. The standard InChI is InChI=1S/C37H31F2N3O8/c38-22-3-5-23(6-4-22)42-20-27(37(47)48)36(46)26-17-28(39)30(18-29(26)42)41-11-9-40(10-12-41)13-14-49-25-15-31(44)35-32(45)19-33(50-34(35)16-25)21-1-7-24(43)8-2-21/h1-8,15-18,20,33,43-44H,9-14,19H2,(H,47,48). The number of phenolic OH excluding ortho intramolecular Hbond substituents is 2. The summed E-state index contributed by atoms with van der Waals surface area (Å²) in [4.78, 5) is 41.6. The van der Waals surface area contributed by atoms with Gasteiger partial charge in [0, 0.05) is 62.1 Å². The van der Waals surface area contributed by atoms with E-state index in [-0.39, 0.29) is 58.2 Å². The van der Waals surface area contributed by atoms with Crippen LogP contribution in [0.4, 0.5) is 14.5 Å². The average molecular weight is 684 g/mol. The predicted molar refractivity (Wildman–Crippen MR) is 179 cm³/mol. The number of nitrogens with zero attached hydrogens (tertiary/aromatic N) is 3. The van der Waals surface area contributed by atoms with Crippen molar-refractivity contribution in [2.75, 3.05) is 44.2 Å². The number of aromatic hydroxyl groups is 2. The van der Waals surface area contributed by atoms with Crippen molar-refractivity contribution in [1.29, 1.82) is 0 Å². The minimum Gasteiger partial charge on any atom is -0.508 e. The number of aromatic nitrogens is 1. The number of carbonyl (C=O) groups is 2. The average Bonchev–Trinajstić information content (AvgIpc) is 3.09. The Morgan fingerprint density at radius 3 is 2.34 bits per heavy atom. The molecule has 256 valence electrons. The van der Waals surface area contributed by atoms with Gasteiger partial charge in [0.2, 0.25) is 5.43 Å². The molecule has 1 unspecified atom stereocenters. The van der Waals surface area contributed by atoms with Crippen LogP contribution < -0.4 is 19.8 Å². The van der Waals surface area contributed by atoms with Gasteiger partial charge in [0.15, 0.2) is 5.78 Å². The van der Waals surface area contributed by atoms with E-state index in [2.05, 4.69) is 4.90 Å². The molecule has 3 heterocycles. The van der Waals surface area contributed by atoms with E-state index in [1.807, 2.05) is 4.90 Å². The largest absolute Gasteiger partial charge is 0.508 e. The number of carboxylic acids is 1. The zero-order valence-corrected chi connectivity index (χ0v) is 26.5. The van der Waals surface area contributed by atoms with Gasteiger partial charge < -0.3 is 34.3 Å². The molecule has 0 spiro atoms. The maximum atomic E-state index is 15.5. The Labute approximate surface area is 283 Å². The third kappa shape index (κ3) is 6.30. The number of hydrogen-bond donors (Lipinski definition) is 3. The van der Waals surface area contributed by atoms with Gasteiger partial charge in [0.25, 0.3) is 0 Å². The Morgan fingerprint density at radius 1 is 0.920 bits per heavy atom. The number of ether oxygens (including phenoxy) is 2. The second-order valence-electron chi connectivity index (χ2n) is 12.2. The topological polar surface area (TPSA) is 142 Å². The van der Waals surface area contributed by atoms with E-state index in [1.165, 1.54) is 59.3 Å². The number of piperazine rings is 1. The molecule has 3 N–H and O–H groups in total. The molecule has 1 fully saturated rings. The monoisotopic (exact) mass is 683 g/mol. The van der Waals surface area contributed by atoms with Gasteiger partial charge in [-0.15, -0.1) is 0 Å². The summed E-state index contributed by atoms with van der Waals surface area (Å²) >= 11 is 0. The molecule has 0 radical (unpaired) electrons. The lowest BCUT2D eigenvalue weighted by Crippen LogP contribution is -2.47. The molecule has 13 heteroatoms. The van der Waals surface area contributed by atoms with Crippen molar-refractivity contribution >= 4 is 28.3 Å². The third-order valence-corrected chi connectivity index (χ3v) is 9.04. The van der Waals surface area contributed by atoms with Crippen LogP contribution >= 0.6 is 0 Å². The van der Waals surface area contributed by atoms with Crippen LogP contribution in [0.15, 0.2) is 83.8 Å². The molecule has 1 aromatic heterocycles. The third-order valence-electron chi connectivity index (χ3n) is 9.04. The molecule has 2 aliphatic rings. The van der Waals surface area contributed by atoms with Gasteiger partial charge >= 0.3 is 5.97 Å². The number of halogens is 2. The van der Waals surface area contributed by atoms with Crippen LogP contribution in [0.2, 0.25) is 0 Å². The van der Waals surface area contributed by atoms with Crippen molar-refractivity contribution in [3.63, 3.8) is 0 Å². The van der Waals surface area contributed by atoms with Crippen LogP contribution in [0.5, 0.6) is 23.0 Å². The van der Waals surface area contributed by atoms with E-state index in [0.29, 0.717) is 49.7 Å². The number of hydrogen-bond acceptors (Lipinski definition) is 9. The first-order valence-electron chi connectivity index (χ1n) is 15.9. The van der Waals surface area contributed by atoms with Crippen LogP contribution in [-0.4, -0.2) is 75.9 Å². The molecule has 4 aromatic carbocycles. The summed E-state index contributed by atoms with van der Waals surface area (Å²) < 4.78 is 42.6. The minimum atomic E-state index is -1.46. The summed E-state index contributed by atoms with van der Waals surface area (Å²) in [5.74, 6) is -2.47. The molecule has 0 aliphatic carbocycles. The molecule has 1 atom stereocenters. The molecule has 7 rings (SSSR count). The number of pyridine rings is 1. The van der Waals surface area contributed by atoms with E-state index >= 15 is 4.39 Å². The highest BCUT2D eigenvalue weighted by atomic mass is 19.1. The van der Waals surface area contributed by atoms with Crippen LogP contribution in [0, 0.1) is 11.6 Å². The lowest BCUT2D eigenvalue weighted by atomic mass is 9.95. The number of carboxylic acid groups (broad SMARTS) is 1. The van der Waals surface area contributed by atoms with Crippen molar-refractivity contribution in [2.24, 2.45) is 0 Å². The number of phenols is 2. The minimum absolute atomic E-state index is 0.0419. The van der Waals surface area contributed by atoms with E-state index in [1.54, 1.807) is 18.2 Å². The lowest BCUT2D eigenvalue weighted by Gasteiger charge is -2.36. The Bertz CT molecular complexity index is 2180. The van der Waals surface area contributed by atoms with Crippen LogP contribution in [0.25, 0.3) is 16.6 Å². The summed E-state index contributed by atoms with van der Waals surface area (Å²) in [6.45, 7) is 2.79. The highest BCUT2D eigenvalue weighted by Gasteiger charge is 2.31. The normalized spacial score (nSPS) is 16.2. The summed E-state index contributed by atoms with van der Waals surface area (Å²) in [5, 5.41) is 29.7. The number of aromatic carboxylic acids is 1. The first kappa shape index (κ1) is 32.6. The zero-order valence-electron chi connectivity index (χ0n) is 26.5. The predicted octanol–water partition coefficient (Wildman–Crippen LogP) is 5.29. The maximum Gasteiger partial charge on any atom is 0.341 e. The molecular weight excluding hydrogens is 652 g/mol. The Balaban J connectivity index is 1.03. The summed E-state index contributed by atoms with van der Waals surface area (Å²) in [6.07, 6.45) is 0.632. The second kappa shape index (κ2) is 13.2. The van der Waals surface area contributed by atoms with Crippen LogP contribution in [0.1, 0.15) is 38.8 Å². The van der Waals surface area contributed by atoms with Crippen molar-refractivity contribution in [3.05, 3.63) is 118 Å². The highest BCUT2D eigenvalue weighted by Crippen LogP contribution is 2.42. The van der Waals surface area contributed by atoms with Gasteiger partial charge in [-0.25, -0.2) is 13.6 Å². The first-order chi connectivity index (χ1) is 24.0. The molecule has 11 nitrogen and oxygen atoms in total. The van der Waals surface area contributed by atoms with Crippen LogP contribution in [-0.2, 0) is 0 Å². The number of rotatable bonds is 8. The first-order valence-corrected chi connectivity index (χ1v) is 15.9. The van der Waals surface area contributed by atoms with Gasteiger partial charge in [-0.2, -0.15) is 0 Å². The molecule has 0 bridgehead atoms. The van der Waals surface area contributed by atoms with Crippen molar-refractivity contribution in [2.45, 2.75) is 12.5 Å². The lowest BCUT2D eigenvalue weighted by molar-refractivity contribution is 0.0694. The van der Waals surface area contributed by atoms with Gasteiger partial charge in [-0.3, -0.25) is 14.5 Å². The smallest absolute Gasteiger partial charge is 0.341 e. The zero-order chi connectivity index (χ0) is 35.1. The van der Waals surface area contributed by atoms with Crippen LogP contribution in [0.3, 0.4) is 0 Å². The summed E-state index contributed by atoms with van der Waals surface area (Å²) in [7, 11) is 0. The van der Waals surface area contributed by atoms with Gasteiger partial charge in [0.1, 0.15) is 58.5 Å². The summed E-state index contributed by atoms with van der Waals surface area (Å²) in [6, 6.07) is 17.2. The van der Waals surface area contributed by atoms with Gasteiger partial charge in [0.05, 0.1) is 17.6 Å². The van der Waals surface area contributed by atoms with Crippen molar-refractivity contribution < 1.29 is 43.2 Å². The molecule has 2 aliphatic heterocycles. The molecule has 0 saturated carbocycles. The molecule has 1 saturated heterocycles. The van der Waals surface area contributed by atoms with E-state index < -0.39 is 34.7 Å². The van der Waals surface area contributed by atoms with E-state index in [4.69, 9.17) is 9.47 Å². The quantitative estimate of drug-likeness (QED) is 0.198. The number of benzene rings is 4. The Kier molecular flexibility index (Phi) is 8.58. The Hall–Kier alpha value is -5.95. The number of carbonyl (C=O) groups excluding carboxylic acids is 1. The fourth-order valence-corrected chi connectivity index (χ4v) is 6.42. The fraction of sp³-hybridized carbons (Fsp3) is 0.216. The second-order valence-corrected chi connectivity index (χ2v) is 12.2. The van der Waals surface area contributed by atoms with Crippen molar-refractivity contribution in [3.8, 4) is 28.7 Å².